The second-order valence-electron chi connectivity index (χ2n) is 15.3. The summed E-state index contributed by atoms with van der Waals surface area (Å²) in [4.78, 5) is 32.4. The lowest BCUT2D eigenvalue weighted by atomic mass is 9.33. The molecule has 5 nitrogen and oxygen atoms in total. The normalized spacial score (nSPS) is 51.7. The molecule has 202 valence electrons. The highest BCUT2D eigenvalue weighted by Gasteiger charge is 2.70. The van der Waals surface area contributed by atoms with E-state index in [2.05, 4.69) is 60.0 Å². The van der Waals surface area contributed by atoms with Crippen molar-refractivity contribution in [3.8, 4) is 0 Å². The highest BCUT2D eigenvalue weighted by atomic mass is 16.6. The first-order valence-electron chi connectivity index (χ1n) is 14.4. The number of ketones is 1. The third-order valence-corrected chi connectivity index (χ3v) is 13.3. The monoisotopic (exact) mass is 499 g/mol. The molecule has 5 aliphatic rings. The third-order valence-electron chi connectivity index (χ3n) is 13.3. The number of aliphatic hydroxyl groups is 1. The molecule has 0 bridgehead atoms. The average molecular weight is 500 g/mol. The fourth-order valence-electron chi connectivity index (χ4n) is 10.6. The lowest BCUT2D eigenvalue weighted by Crippen LogP contribution is -2.66. The van der Waals surface area contributed by atoms with Crippen molar-refractivity contribution in [2.45, 2.75) is 112 Å². The summed E-state index contributed by atoms with van der Waals surface area (Å²) in [6, 6.07) is 0. The molecule has 0 radical (unpaired) electrons. The van der Waals surface area contributed by atoms with E-state index < -0.39 is 5.41 Å². The van der Waals surface area contributed by atoms with Crippen molar-refractivity contribution in [3.63, 3.8) is 0 Å². The van der Waals surface area contributed by atoms with Crippen molar-refractivity contribution in [2.24, 2.45) is 50.2 Å². The van der Waals surface area contributed by atoms with E-state index in [1.807, 2.05) is 0 Å². The van der Waals surface area contributed by atoms with Gasteiger partial charge < -0.3 is 5.11 Å². The van der Waals surface area contributed by atoms with Crippen molar-refractivity contribution in [1.29, 1.82) is 0 Å². The zero-order chi connectivity index (χ0) is 26.5. The molecule has 2 N–H and O–H groups in total. The number of carbonyl (C=O) groups excluding carboxylic acids is 2. The minimum atomic E-state index is -0.493. The molecule has 5 heteroatoms. The highest BCUT2D eigenvalue weighted by Crippen LogP contribution is 2.75. The van der Waals surface area contributed by atoms with Crippen LogP contribution in [0.3, 0.4) is 0 Å². The summed E-state index contributed by atoms with van der Waals surface area (Å²) in [5, 5.41) is 10.9. The first kappa shape index (κ1) is 26.4. The van der Waals surface area contributed by atoms with E-state index in [1.165, 1.54) is 12.7 Å². The number of hydroxylamine groups is 1. The molecule has 5 aliphatic carbocycles. The number of rotatable bonds is 2. The summed E-state index contributed by atoms with van der Waals surface area (Å²) < 4.78 is 0. The molecule has 0 aromatic heterocycles. The van der Waals surface area contributed by atoms with Gasteiger partial charge in [0.25, 0.3) is 0 Å². The quantitative estimate of drug-likeness (QED) is 0.457. The molecular formula is C31H49NO4. The largest absolute Gasteiger partial charge is 0.393 e. The molecular weight excluding hydrogens is 450 g/mol. The van der Waals surface area contributed by atoms with Gasteiger partial charge in [-0.05, 0) is 103 Å². The molecule has 4 fully saturated rings. The Balaban J connectivity index is 1.59. The Morgan fingerprint density at radius 3 is 2.31 bits per heavy atom. The van der Waals surface area contributed by atoms with Crippen molar-refractivity contribution in [1.82, 2.24) is 5.48 Å². The number of carbonyl (C=O) groups is 2. The van der Waals surface area contributed by atoms with E-state index in [0.29, 0.717) is 11.7 Å². The average Bonchev–Trinajstić information content (AvgIpc) is 2.79. The minimum Gasteiger partial charge on any atom is -0.393 e. The molecule has 5 rings (SSSR count). The number of amides is 1. The van der Waals surface area contributed by atoms with Gasteiger partial charge in [0.05, 0.1) is 13.2 Å². The van der Waals surface area contributed by atoms with Crippen LogP contribution < -0.4 is 5.48 Å². The Labute approximate surface area is 218 Å². The molecule has 0 aromatic carbocycles. The van der Waals surface area contributed by atoms with Crippen molar-refractivity contribution < 1.29 is 19.5 Å². The summed E-state index contributed by atoms with van der Waals surface area (Å²) in [5.41, 5.74) is 3.13. The smallest absolute Gasteiger partial charge is 0.249 e. The lowest BCUT2D eigenvalue weighted by molar-refractivity contribution is -0.202. The molecule has 0 aliphatic heterocycles. The van der Waals surface area contributed by atoms with Gasteiger partial charge in [0.2, 0.25) is 5.91 Å². The van der Waals surface area contributed by atoms with Crippen molar-refractivity contribution >= 4 is 11.7 Å². The second kappa shape index (κ2) is 7.91. The third kappa shape index (κ3) is 3.20. The number of hydrogen-bond donors (Lipinski definition) is 2. The molecule has 0 spiro atoms. The van der Waals surface area contributed by atoms with Crippen LogP contribution in [0.4, 0.5) is 0 Å². The summed E-state index contributed by atoms with van der Waals surface area (Å²) in [6.07, 6.45) is 10.4. The van der Waals surface area contributed by atoms with Crippen molar-refractivity contribution in [2.75, 3.05) is 7.11 Å². The topological polar surface area (TPSA) is 75.6 Å². The van der Waals surface area contributed by atoms with E-state index in [0.717, 1.165) is 57.8 Å². The van der Waals surface area contributed by atoms with Crippen LogP contribution in [-0.4, -0.2) is 30.0 Å². The number of aliphatic hydroxyl groups excluding tert-OH is 1. The summed E-state index contributed by atoms with van der Waals surface area (Å²) in [6.45, 7) is 16.2. The Morgan fingerprint density at radius 1 is 0.972 bits per heavy atom. The van der Waals surface area contributed by atoms with E-state index in [9.17, 15) is 14.7 Å². The Morgan fingerprint density at radius 2 is 1.64 bits per heavy atom. The van der Waals surface area contributed by atoms with Crippen LogP contribution in [0.2, 0.25) is 0 Å². The van der Waals surface area contributed by atoms with Gasteiger partial charge in [0.15, 0.2) is 5.78 Å². The zero-order valence-electron chi connectivity index (χ0n) is 23.9. The molecule has 36 heavy (non-hydrogen) atoms. The maximum absolute atomic E-state index is 14.3. The number of hydrogen-bond acceptors (Lipinski definition) is 4. The first-order valence-corrected chi connectivity index (χ1v) is 14.4. The van der Waals surface area contributed by atoms with Crippen LogP contribution >= 0.6 is 0 Å². The summed E-state index contributed by atoms with van der Waals surface area (Å²) in [5.74, 6) is 0.832. The Hall–Kier alpha value is -1.20. The van der Waals surface area contributed by atoms with E-state index in [4.69, 9.17) is 4.84 Å². The Kier molecular flexibility index (Phi) is 5.80. The van der Waals surface area contributed by atoms with E-state index >= 15 is 0 Å². The molecule has 9 atom stereocenters. The molecule has 1 amide bonds. The number of nitrogens with one attached hydrogen (secondary N) is 1. The van der Waals surface area contributed by atoms with Crippen LogP contribution in [0.1, 0.15) is 106 Å². The van der Waals surface area contributed by atoms with Gasteiger partial charge in [-0.1, -0.05) is 54.0 Å². The van der Waals surface area contributed by atoms with Crippen LogP contribution in [0.15, 0.2) is 11.6 Å². The molecule has 4 saturated carbocycles. The van der Waals surface area contributed by atoms with E-state index in [1.54, 1.807) is 0 Å². The predicted octanol–water partition coefficient (Wildman–Crippen LogP) is 6.01. The fraction of sp³-hybridized carbons (Fsp3) is 0.871. The van der Waals surface area contributed by atoms with Crippen LogP contribution in [0.5, 0.6) is 0 Å². The molecule has 1 unspecified atom stereocenters. The van der Waals surface area contributed by atoms with Crippen LogP contribution in [-0.2, 0) is 14.4 Å². The van der Waals surface area contributed by atoms with Crippen molar-refractivity contribution in [3.05, 3.63) is 11.6 Å². The minimum absolute atomic E-state index is 0.0135. The standard InChI is InChI=1S/C31H49NO4/c1-26(2)22-9-12-31(7)24(29(22,5)11-10-23(26)34)21(33)17-19-20-18-28(4,25(35)32-36-8)14-13-27(20,3)15-16-30(19,31)6/h17,20,22-24,34H,9-16,18H2,1-8H3,(H,32,35)/t20-,22?,23-,24+,27+,28-,29-,30+,31+/m0/s1. The summed E-state index contributed by atoms with van der Waals surface area (Å²) >= 11 is 0. The van der Waals surface area contributed by atoms with Gasteiger partial charge in [0, 0.05) is 11.3 Å². The van der Waals surface area contributed by atoms with Gasteiger partial charge in [-0.2, -0.15) is 0 Å². The summed E-state index contributed by atoms with van der Waals surface area (Å²) in [7, 11) is 1.50. The number of fused-ring (bicyclic) bond motifs is 7. The van der Waals surface area contributed by atoms with Gasteiger partial charge in [-0.15, -0.1) is 0 Å². The van der Waals surface area contributed by atoms with Gasteiger partial charge in [0.1, 0.15) is 0 Å². The second-order valence-corrected chi connectivity index (χ2v) is 15.3. The first-order chi connectivity index (χ1) is 16.6. The zero-order valence-corrected chi connectivity index (χ0v) is 23.9. The number of allylic oxidation sites excluding steroid dienone is 2. The fourth-order valence-corrected chi connectivity index (χ4v) is 10.6. The molecule has 0 aromatic rings. The maximum atomic E-state index is 14.3. The van der Waals surface area contributed by atoms with Gasteiger partial charge >= 0.3 is 0 Å². The van der Waals surface area contributed by atoms with Gasteiger partial charge in [-0.3, -0.25) is 14.4 Å². The van der Waals surface area contributed by atoms with Crippen LogP contribution in [0.25, 0.3) is 0 Å². The molecule has 0 saturated heterocycles. The highest BCUT2D eigenvalue weighted by molar-refractivity contribution is 5.95. The van der Waals surface area contributed by atoms with Crippen LogP contribution in [0, 0.1) is 50.2 Å². The predicted molar refractivity (Wildman–Crippen MR) is 141 cm³/mol. The maximum Gasteiger partial charge on any atom is 0.249 e. The lowest BCUT2D eigenvalue weighted by Gasteiger charge is -2.70. The van der Waals surface area contributed by atoms with E-state index in [-0.39, 0.29) is 50.9 Å². The SMILES string of the molecule is CONC(=O)[C@@]1(C)CC[C@]2(C)CC[C@]3(C)C(=CC(=O)[C@@H]4[C@@]5(C)CC[C@H](O)C(C)(C)C5CC[C@]43C)[C@@H]2C1. The Bertz CT molecular complexity index is 1000. The molecule has 0 heterocycles. The van der Waals surface area contributed by atoms with Gasteiger partial charge in [-0.25, -0.2) is 5.48 Å².